The molecule has 1 fully saturated rings. The van der Waals surface area contributed by atoms with Gasteiger partial charge in [0.1, 0.15) is 0 Å². The van der Waals surface area contributed by atoms with Gasteiger partial charge in [-0.2, -0.15) is 13.2 Å². The van der Waals surface area contributed by atoms with Crippen LogP contribution in [0.2, 0.25) is 0 Å². The molecule has 0 saturated carbocycles. The van der Waals surface area contributed by atoms with Crippen LogP contribution < -0.4 is 5.48 Å². The molecule has 2 aromatic rings. The lowest BCUT2D eigenvalue weighted by Crippen LogP contribution is -2.47. The Hall–Kier alpha value is -2.43. The van der Waals surface area contributed by atoms with Crippen LogP contribution in [0.15, 0.2) is 53.4 Å². The van der Waals surface area contributed by atoms with Crippen molar-refractivity contribution >= 4 is 15.7 Å². The normalized spacial score (nSPS) is 16.8. The molecule has 1 heterocycles. The maximum atomic E-state index is 12.9. The summed E-state index contributed by atoms with van der Waals surface area (Å²) in [6, 6.07) is 10.3. The molecule has 0 unspecified atom stereocenters. The minimum Gasteiger partial charge on any atom is -0.381 e. The Kier molecular flexibility index (Phi) is 6.21. The van der Waals surface area contributed by atoms with Crippen LogP contribution in [-0.2, 0) is 25.5 Å². The molecular formula is C20H20F3NO5S. The zero-order valence-corrected chi connectivity index (χ0v) is 16.6. The molecule has 0 bridgehead atoms. The minimum atomic E-state index is -4.43. The summed E-state index contributed by atoms with van der Waals surface area (Å²) in [5.41, 5.74) is 0.553. The predicted molar refractivity (Wildman–Crippen MR) is 101 cm³/mol. The maximum Gasteiger partial charge on any atom is 0.416 e. The first-order valence-electron chi connectivity index (χ1n) is 9.10. The fraction of sp³-hybridized carbons (Fsp3) is 0.350. The Morgan fingerprint density at radius 1 is 1.00 bits per heavy atom. The SMILES string of the molecule is O=C(NO)C1(CS(=O)(=O)c2ccc(-c3ccc(C(F)(F)F)cc3)cc2)CCOCC1. The summed E-state index contributed by atoms with van der Waals surface area (Å²) in [6.45, 7) is 0.408. The molecule has 6 nitrogen and oxygen atoms in total. The number of hydrogen-bond donors (Lipinski definition) is 2. The Bertz CT molecular complexity index is 996. The fourth-order valence-electron chi connectivity index (χ4n) is 3.47. The number of ether oxygens (including phenoxy) is 1. The number of alkyl halides is 3. The van der Waals surface area contributed by atoms with Crippen molar-refractivity contribution in [1.82, 2.24) is 5.48 Å². The Morgan fingerprint density at radius 3 is 1.97 bits per heavy atom. The number of hydrogen-bond acceptors (Lipinski definition) is 5. The Labute approximate surface area is 171 Å². The smallest absolute Gasteiger partial charge is 0.381 e. The summed E-state index contributed by atoms with van der Waals surface area (Å²) in [5, 5.41) is 9.05. The van der Waals surface area contributed by atoms with Gasteiger partial charge in [0.2, 0.25) is 0 Å². The van der Waals surface area contributed by atoms with Gasteiger partial charge in [0.25, 0.3) is 5.91 Å². The largest absolute Gasteiger partial charge is 0.416 e. The van der Waals surface area contributed by atoms with Crippen molar-refractivity contribution in [3.8, 4) is 11.1 Å². The van der Waals surface area contributed by atoms with Gasteiger partial charge in [0, 0.05) is 13.2 Å². The second kappa shape index (κ2) is 8.37. The molecular weight excluding hydrogens is 423 g/mol. The molecule has 0 atom stereocenters. The molecule has 2 aromatic carbocycles. The van der Waals surface area contributed by atoms with Crippen molar-refractivity contribution in [2.45, 2.75) is 23.9 Å². The number of carbonyl (C=O) groups is 1. The molecule has 10 heteroatoms. The summed E-state index contributed by atoms with van der Waals surface area (Å²) in [5.74, 6) is -1.26. The molecule has 3 rings (SSSR count). The van der Waals surface area contributed by atoms with E-state index in [0.717, 1.165) is 12.1 Å². The molecule has 0 radical (unpaired) electrons. The van der Waals surface area contributed by atoms with Crippen LogP contribution in [0.25, 0.3) is 11.1 Å². The first-order valence-corrected chi connectivity index (χ1v) is 10.8. The number of carbonyl (C=O) groups excluding carboxylic acids is 1. The highest BCUT2D eigenvalue weighted by Crippen LogP contribution is 2.35. The Balaban J connectivity index is 1.83. The number of nitrogens with one attached hydrogen (secondary N) is 1. The van der Waals surface area contributed by atoms with Crippen LogP contribution in [0.3, 0.4) is 0 Å². The summed E-state index contributed by atoms with van der Waals surface area (Å²) in [6.07, 6.45) is -4.12. The summed E-state index contributed by atoms with van der Waals surface area (Å²) in [7, 11) is -3.87. The van der Waals surface area contributed by atoms with Crippen LogP contribution in [0, 0.1) is 5.41 Å². The van der Waals surface area contributed by atoms with Crippen molar-refractivity contribution in [1.29, 1.82) is 0 Å². The van der Waals surface area contributed by atoms with E-state index in [9.17, 15) is 26.4 Å². The first-order chi connectivity index (χ1) is 14.1. The highest BCUT2D eigenvalue weighted by molar-refractivity contribution is 7.91. The van der Waals surface area contributed by atoms with Crippen LogP contribution in [0.1, 0.15) is 18.4 Å². The van der Waals surface area contributed by atoms with Crippen LogP contribution in [0.4, 0.5) is 13.2 Å². The number of halogens is 3. The standard InChI is InChI=1S/C20H20F3NO5S/c21-20(22,23)16-5-1-14(2-6-16)15-3-7-17(8-4-15)30(27,28)13-19(18(25)24-26)9-11-29-12-10-19/h1-8,26H,9-13H2,(H,24,25). The van der Waals surface area contributed by atoms with Gasteiger partial charge < -0.3 is 4.74 Å². The van der Waals surface area contributed by atoms with Gasteiger partial charge in [0.05, 0.1) is 21.6 Å². The van der Waals surface area contributed by atoms with Gasteiger partial charge in [-0.15, -0.1) is 0 Å². The second-order valence-corrected chi connectivity index (χ2v) is 9.18. The minimum absolute atomic E-state index is 0.0187. The Morgan fingerprint density at radius 2 is 1.50 bits per heavy atom. The third kappa shape index (κ3) is 4.66. The van der Waals surface area contributed by atoms with Gasteiger partial charge in [-0.1, -0.05) is 24.3 Å². The molecule has 30 heavy (non-hydrogen) atoms. The first kappa shape index (κ1) is 22.3. The molecule has 1 aliphatic rings. The lowest BCUT2D eigenvalue weighted by Gasteiger charge is -2.34. The summed E-state index contributed by atoms with van der Waals surface area (Å²) < 4.78 is 69.1. The third-order valence-corrected chi connectivity index (χ3v) is 7.18. The van der Waals surface area contributed by atoms with Gasteiger partial charge in [-0.25, -0.2) is 13.9 Å². The quantitative estimate of drug-likeness (QED) is 0.546. The third-order valence-electron chi connectivity index (χ3n) is 5.26. The number of sulfone groups is 1. The highest BCUT2D eigenvalue weighted by Gasteiger charge is 2.44. The number of benzene rings is 2. The molecule has 1 amide bonds. The molecule has 0 aliphatic carbocycles. The molecule has 0 spiro atoms. The van der Waals surface area contributed by atoms with Crippen LogP contribution >= 0.6 is 0 Å². The predicted octanol–water partition coefficient (Wildman–Crippen LogP) is 3.45. The topological polar surface area (TPSA) is 92.7 Å². The van der Waals surface area contributed by atoms with Crippen molar-refractivity contribution < 1.29 is 36.3 Å². The van der Waals surface area contributed by atoms with Crippen molar-refractivity contribution in [3.05, 3.63) is 54.1 Å². The van der Waals surface area contributed by atoms with E-state index in [4.69, 9.17) is 9.94 Å². The zero-order chi connectivity index (χ0) is 22.0. The van der Waals surface area contributed by atoms with Gasteiger partial charge in [-0.3, -0.25) is 10.0 Å². The highest BCUT2D eigenvalue weighted by atomic mass is 32.2. The van der Waals surface area contributed by atoms with E-state index in [2.05, 4.69) is 0 Å². The molecule has 0 aromatic heterocycles. The molecule has 162 valence electrons. The van der Waals surface area contributed by atoms with Gasteiger partial charge in [-0.05, 0) is 48.2 Å². The van der Waals surface area contributed by atoms with E-state index in [1.165, 1.54) is 36.4 Å². The lowest BCUT2D eigenvalue weighted by atomic mass is 9.81. The molecule has 1 aliphatic heterocycles. The van der Waals surface area contributed by atoms with E-state index < -0.39 is 38.7 Å². The van der Waals surface area contributed by atoms with Crippen molar-refractivity contribution in [2.24, 2.45) is 5.41 Å². The average molecular weight is 443 g/mol. The number of rotatable bonds is 5. The fourth-order valence-corrected chi connectivity index (χ4v) is 5.34. The average Bonchev–Trinajstić information content (AvgIpc) is 2.73. The van der Waals surface area contributed by atoms with E-state index in [0.29, 0.717) is 11.1 Å². The maximum absolute atomic E-state index is 12.9. The van der Waals surface area contributed by atoms with Crippen LogP contribution in [0.5, 0.6) is 0 Å². The van der Waals surface area contributed by atoms with E-state index in [1.54, 1.807) is 5.48 Å². The van der Waals surface area contributed by atoms with Crippen LogP contribution in [-0.4, -0.2) is 38.5 Å². The summed E-state index contributed by atoms with van der Waals surface area (Å²) >= 11 is 0. The molecule has 2 N–H and O–H groups in total. The second-order valence-electron chi connectivity index (χ2n) is 7.19. The molecule has 1 saturated heterocycles. The van der Waals surface area contributed by atoms with Crippen molar-refractivity contribution in [2.75, 3.05) is 19.0 Å². The van der Waals surface area contributed by atoms with Gasteiger partial charge in [0.15, 0.2) is 9.84 Å². The number of hydroxylamine groups is 1. The van der Waals surface area contributed by atoms with Crippen molar-refractivity contribution in [3.63, 3.8) is 0 Å². The number of amides is 1. The van der Waals surface area contributed by atoms with E-state index in [-0.39, 0.29) is 31.0 Å². The lowest BCUT2D eigenvalue weighted by molar-refractivity contribution is -0.143. The zero-order valence-electron chi connectivity index (χ0n) is 15.8. The van der Waals surface area contributed by atoms with Gasteiger partial charge >= 0.3 is 6.18 Å². The van der Waals surface area contributed by atoms with E-state index >= 15 is 0 Å². The van der Waals surface area contributed by atoms with E-state index in [1.807, 2.05) is 0 Å². The summed E-state index contributed by atoms with van der Waals surface area (Å²) in [4.78, 5) is 12.2. The monoisotopic (exact) mass is 443 g/mol.